The second-order valence-corrected chi connectivity index (χ2v) is 18.7. The van der Waals surface area contributed by atoms with E-state index in [-0.39, 0.29) is 32.2 Å². The molecule has 364 valence electrons. The first-order chi connectivity index (χ1) is 32.4. The fourth-order valence-corrected chi connectivity index (χ4v) is 10.7. The van der Waals surface area contributed by atoms with Gasteiger partial charge in [-0.25, -0.2) is 19.2 Å². The Kier molecular flexibility index (Phi) is 13.2. The summed E-state index contributed by atoms with van der Waals surface area (Å²) in [7, 11) is 1.52. The smallest absolute Gasteiger partial charge is 0.410 e. The Morgan fingerprint density at radius 3 is 2.07 bits per heavy atom. The molecule has 8 fully saturated rings. The van der Waals surface area contributed by atoms with Crippen LogP contribution in [0.3, 0.4) is 0 Å². The van der Waals surface area contributed by atoms with E-state index in [1.54, 1.807) is 0 Å². The van der Waals surface area contributed by atoms with Crippen molar-refractivity contribution < 1.29 is 81.5 Å². The number of carbonyl (C=O) groups excluding carboxylic acids is 4. The van der Waals surface area contributed by atoms with Gasteiger partial charge in [-0.3, -0.25) is 4.90 Å². The number of aliphatic hydroxyl groups excluding tert-OH is 2. The third kappa shape index (κ3) is 9.49. The van der Waals surface area contributed by atoms with Gasteiger partial charge in [-0.05, 0) is 36.8 Å². The maximum absolute atomic E-state index is 13.7. The lowest BCUT2D eigenvalue weighted by atomic mass is 9.83. The molecule has 2 saturated carbocycles. The highest BCUT2D eigenvalue weighted by Crippen LogP contribution is 2.48. The van der Waals surface area contributed by atoms with Crippen LogP contribution >= 0.6 is 0 Å². The minimum Gasteiger partial charge on any atom is -0.447 e. The number of alkyl carbamates (subject to hydrolysis) is 3. The van der Waals surface area contributed by atoms with Gasteiger partial charge in [0.05, 0.1) is 24.2 Å². The molecule has 9 unspecified atom stereocenters. The average Bonchev–Trinajstić information content (AvgIpc) is 3.85. The van der Waals surface area contributed by atoms with Gasteiger partial charge in [0, 0.05) is 25.8 Å². The van der Waals surface area contributed by atoms with E-state index in [1.807, 2.05) is 67.6 Å². The SMILES string of the molecule is CC1C[C@@H]2OC(O[C@H]3OC4COC(=O)N[C@H]4[C@H](O)C3O)C3C(OC(=O)N3C)C2O[C@@H]1O[C@@H]1C(NC(=O)OCc2ccccc2)C[C@@H](NC(=O)OCc2ccccc2)C2OC3(CCCCC3)O[C@H]21. The fourth-order valence-electron chi connectivity index (χ4n) is 10.7. The van der Waals surface area contributed by atoms with Crippen LogP contribution in [0.2, 0.25) is 0 Å². The molecular formula is C46H58N4O17. The van der Waals surface area contributed by atoms with E-state index in [4.69, 9.17) is 52.1 Å². The van der Waals surface area contributed by atoms with Gasteiger partial charge in [-0.15, -0.1) is 0 Å². The van der Waals surface area contributed by atoms with Gasteiger partial charge in [-0.2, -0.15) is 0 Å². The summed E-state index contributed by atoms with van der Waals surface area (Å²) in [5, 5.41) is 30.5. The van der Waals surface area contributed by atoms with Gasteiger partial charge in [0.15, 0.2) is 30.8 Å². The molecule has 1 spiro atoms. The second kappa shape index (κ2) is 19.3. The highest BCUT2D eigenvalue weighted by molar-refractivity contribution is 5.71. The van der Waals surface area contributed by atoms with Gasteiger partial charge in [-0.1, -0.05) is 74.0 Å². The number of cyclic esters (lactones) is 1. The van der Waals surface area contributed by atoms with Crippen molar-refractivity contribution in [2.45, 2.75) is 169 Å². The Balaban J connectivity index is 0.884. The zero-order valence-corrected chi connectivity index (χ0v) is 37.1. The van der Waals surface area contributed by atoms with Crippen LogP contribution < -0.4 is 16.0 Å². The average molecular weight is 939 g/mol. The van der Waals surface area contributed by atoms with Crippen LogP contribution in [0.5, 0.6) is 0 Å². The maximum atomic E-state index is 13.7. The van der Waals surface area contributed by atoms with Crippen molar-refractivity contribution in [1.29, 1.82) is 0 Å². The van der Waals surface area contributed by atoms with Crippen LogP contribution in [-0.2, 0) is 65.3 Å². The first-order valence-electron chi connectivity index (χ1n) is 23.2. The number of benzene rings is 2. The molecule has 6 saturated heterocycles. The molecule has 21 nitrogen and oxygen atoms in total. The highest BCUT2D eigenvalue weighted by atomic mass is 16.8. The number of fused-ring (bicyclic) bond motifs is 5. The van der Waals surface area contributed by atoms with Crippen LogP contribution in [0, 0.1) is 5.92 Å². The van der Waals surface area contributed by atoms with E-state index < -0.39 is 128 Å². The summed E-state index contributed by atoms with van der Waals surface area (Å²) in [5.74, 6) is -1.31. The molecule has 6 heterocycles. The van der Waals surface area contributed by atoms with Crippen molar-refractivity contribution in [3.63, 3.8) is 0 Å². The molecule has 10 rings (SSSR count). The molecule has 5 N–H and O–H groups in total. The van der Waals surface area contributed by atoms with Crippen LogP contribution in [-0.4, -0.2) is 157 Å². The summed E-state index contributed by atoms with van der Waals surface area (Å²) in [4.78, 5) is 53.6. The largest absolute Gasteiger partial charge is 0.447 e. The number of hydrogen-bond donors (Lipinski definition) is 5. The molecule has 4 amide bonds. The Morgan fingerprint density at radius 2 is 1.39 bits per heavy atom. The van der Waals surface area contributed by atoms with Crippen LogP contribution in [0.25, 0.3) is 0 Å². The molecule has 2 aromatic rings. The number of likely N-dealkylation sites (N-methyl/N-ethyl adjacent to an activating group) is 1. The molecule has 17 atom stereocenters. The van der Waals surface area contributed by atoms with E-state index in [1.165, 1.54) is 11.9 Å². The molecule has 2 aliphatic carbocycles. The van der Waals surface area contributed by atoms with Gasteiger partial charge >= 0.3 is 24.4 Å². The molecule has 2 aromatic carbocycles. The third-order valence-electron chi connectivity index (χ3n) is 14.2. The second-order valence-electron chi connectivity index (χ2n) is 18.7. The molecule has 67 heavy (non-hydrogen) atoms. The summed E-state index contributed by atoms with van der Waals surface area (Å²) in [6.45, 7) is 1.80. The van der Waals surface area contributed by atoms with Crippen LogP contribution in [0.1, 0.15) is 63.0 Å². The molecule has 6 aliphatic heterocycles. The lowest BCUT2D eigenvalue weighted by Crippen LogP contribution is -2.69. The Labute approximate surface area is 386 Å². The van der Waals surface area contributed by atoms with Crippen molar-refractivity contribution >= 4 is 24.4 Å². The van der Waals surface area contributed by atoms with Crippen LogP contribution in [0.4, 0.5) is 19.2 Å². The van der Waals surface area contributed by atoms with E-state index >= 15 is 0 Å². The summed E-state index contributed by atoms with van der Waals surface area (Å²) >= 11 is 0. The normalized spacial score (nSPS) is 39.6. The summed E-state index contributed by atoms with van der Waals surface area (Å²) in [6, 6.07) is 15.3. The number of ether oxygens (including phenoxy) is 11. The predicted molar refractivity (Wildman–Crippen MR) is 225 cm³/mol. The number of nitrogens with one attached hydrogen (secondary N) is 3. The van der Waals surface area contributed by atoms with Crippen molar-refractivity contribution in [1.82, 2.24) is 20.9 Å². The van der Waals surface area contributed by atoms with Crippen molar-refractivity contribution in [2.75, 3.05) is 13.7 Å². The number of nitrogens with zero attached hydrogens (tertiary/aromatic N) is 1. The van der Waals surface area contributed by atoms with Crippen molar-refractivity contribution in [2.24, 2.45) is 5.92 Å². The molecule has 0 aromatic heterocycles. The standard InChI is InChI=1S/C46H58N4O17/c1-23-18-28-36(37-31(50(2)45(56)64-37)40(60-28)65-41-33(52)32(51)30-29(61-41)22-59-44(55)49-30)63-39(23)62-34-26(47-42(53)57-20-24-12-6-3-7-13-24)19-27(48-43(54)58-21-25-14-8-4-9-15-25)35-38(34)67-46(66-35)16-10-5-11-17-46/h3-4,6-9,12-15,23,26-41,51-52H,5,10-11,16-22H2,1-2H3,(H,47,53)(H,48,54)(H,49,55)/t23?,26?,27-,28+,29?,30-,31?,32+,33?,34-,35?,36?,37?,38+,39+,40?,41-/m1/s1. The van der Waals surface area contributed by atoms with Gasteiger partial charge < -0.3 is 78.3 Å². The van der Waals surface area contributed by atoms with E-state index in [2.05, 4.69) is 16.0 Å². The monoisotopic (exact) mass is 938 g/mol. The Bertz CT molecular complexity index is 2080. The zero-order chi connectivity index (χ0) is 46.4. The third-order valence-corrected chi connectivity index (χ3v) is 14.2. The summed E-state index contributed by atoms with van der Waals surface area (Å²) < 4.78 is 68.6. The fraction of sp³-hybridized carbons (Fsp3) is 0.652. The molecule has 8 aliphatic rings. The first-order valence-corrected chi connectivity index (χ1v) is 23.2. The van der Waals surface area contributed by atoms with E-state index in [0.717, 1.165) is 30.4 Å². The Hall–Kier alpha value is -4.84. The van der Waals surface area contributed by atoms with Crippen molar-refractivity contribution in [3.8, 4) is 0 Å². The maximum Gasteiger partial charge on any atom is 0.410 e. The molecule has 0 radical (unpaired) electrons. The van der Waals surface area contributed by atoms with Gasteiger partial charge in [0.1, 0.15) is 68.6 Å². The topological polar surface area (TPSA) is 250 Å². The molecular weight excluding hydrogens is 881 g/mol. The quantitative estimate of drug-likeness (QED) is 0.215. The number of amides is 4. The number of carbonyl (C=O) groups is 4. The number of aliphatic hydroxyl groups is 2. The molecule has 21 heteroatoms. The minimum atomic E-state index is -1.59. The Morgan fingerprint density at radius 1 is 0.746 bits per heavy atom. The highest BCUT2D eigenvalue weighted by Gasteiger charge is 2.63. The van der Waals surface area contributed by atoms with Crippen molar-refractivity contribution in [3.05, 3.63) is 71.8 Å². The summed E-state index contributed by atoms with van der Waals surface area (Å²) in [6.07, 6.45) is -10.6. The summed E-state index contributed by atoms with van der Waals surface area (Å²) in [5.41, 5.74) is 1.61. The number of hydrogen-bond acceptors (Lipinski definition) is 17. The first kappa shape index (κ1) is 45.9. The van der Waals surface area contributed by atoms with Gasteiger partial charge in [0.2, 0.25) is 0 Å². The minimum absolute atomic E-state index is 0.0135. The van der Waals surface area contributed by atoms with E-state index in [0.29, 0.717) is 19.3 Å². The predicted octanol–water partition coefficient (Wildman–Crippen LogP) is 2.68. The van der Waals surface area contributed by atoms with E-state index in [9.17, 15) is 29.4 Å². The lowest BCUT2D eigenvalue weighted by Gasteiger charge is -2.51. The molecule has 0 bridgehead atoms. The lowest BCUT2D eigenvalue weighted by molar-refractivity contribution is -0.376. The van der Waals surface area contributed by atoms with Gasteiger partial charge in [0.25, 0.3) is 0 Å². The van der Waals surface area contributed by atoms with Crippen LogP contribution in [0.15, 0.2) is 60.7 Å². The number of rotatable bonds is 10. The zero-order valence-electron chi connectivity index (χ0n) is 37.1.